The van der Waals surface area contributed by atoms with Gasteiger partial charge in [-0.25, -0.2) is 0 Å². The molecule has 0 saturated carbocycles. The summed E-state index contributed by atoms with van der Waals surface area (Å²) in [6, 6.07) is 0. The Balaban J connectivity index is 3.82. The topological polar surface area (TPSA) is 37.3 Å². The molecule has 0 unspecified atom stereocenters. The highest BCUT2D eigenvalue weighted by atomic mass is 32.1. The van der Waals surface area contributed by atoms with Crippen molar-refractivity contribution < 1.29 is 9.90 Å². The number of aliphatic carboxylic acids is 1. The second-order valence-electron chi connectivity index (χ2n) is 6.37. The van der Waals surface area contributed by atoms with E-state index in [0.29, 0.717) is 12.8 Å². The number of hydrogen-bond acceptors (Lipinski definition) is 2. The van der Waals surface area contributed by atoms with Gasteiger partial charge in [0.25, 0.3) is 0 Å². The van der Waals surface area contributed by atoms with Crippen LogP contribution in [0.3, 0.4) is 0 Å². The highest BCUT2D eigenvalue weighted by molar-refractivity contribution is 7.82. The van der Waals surface area contributed by atoms with E-state index in [1.807, 2.05) is 0 Å². The van der Waals surface area contributed by atoms with E-state index in [1.165, 1.54) is 51.4 Å². The lowest BCUT2D eigenvalue weighted by atomic mass is 9.93. The van der Waals surface area contributed by atoms with Crippen molar-refractivity contribution in [1.29, 1.82) is 0 Å². The van der Waals surface area contributed by atoms with E-state index in [0.717, 1.165) is 25.7 Å². The van der Waals surface area contributed by atoms with Crippen LogP contribution < -0.4 is 0 Å². The molecule has 3 heteroatoms. The normalized spacial score (nSPS) is 11.8. The van der Waals surface area contributed by atoms with Gasteiger partial charge in [0.15, 0.2) is 0 Å². The minimum Gasteiger partial charge on any atom is -0.480 e. The number of thiol groups is 1. The third-order valence-electron chi connectivity index (χ3n) is 4.29. The number of hydrogen-bond donors (Lipinski definition) is 2. The maximum atomic E-state index is 11.5. The molecule has 126 valence electrons. The van der Waals surface area contributed by atoms with E-state index < -0.39 is 10.7 Å². The van der Waals surface area contributed by atoms with Crippen molar-refractivity contribution >= 4 is 18.6 Å². The molecule has 0 radical (unpaired) electrons. The Bertz CT molecular complexity index is 238. The van der Waals surface area contributed by atoms with Crippen molar-refractivity contribution in [3.8, 4) is 0 Å². The van der Waals surface area contributed by atoms with E-state index in [9.17, 15) is 9.90 Å². The Labute approximate surface area is 137 Å². The molecule has 21 heavy (non-hydrogen) atoms. The Hall–Kier alpha value is -0.180. The molecule has 0 heterocycles. The van der Waals surface area contributed by atoms with Gasteiger partial charge in [0, 0.05) is 0 Å². The smallest absolute Gasteiger partial charge is 0.319 e. The van der Waals surface area contributed by atoms with Gasteiger partial charge in [-0.1, -0.05) is 90.9 Å². The predicted octanol–water partition coefficient (Wildman–Crippen LogP) is 6.24. The Morgan fingerprint density at radius 1 is 0.762 bits per heavy atom. The van der Waals surface area contributed by atoms with Gasteiger partial charge in [0.1, 0.15) is 4.75 Å². The molecule has 0 aromatic heterocycles. The van der Waals surface area contributed by atoms with Gasteiger partial charge in [-0.3, -0.25) is 4.79 Å². The van der Waals surface area contributed by atoms with Crippen LogP contribution in [0.4, 0.5) is 0 Å². The molecular formula is C18H36O2S. The van der Waals surface area contributed by atoms with Gasteiger partial charge >= 0.3 is 5.97 Å². The zero-order valence-electron chi connectivity index (χ0n) is 14.2. The standard InChI is InChI=1S/C18H36O2S/c1-3-5-7-9-11-13-15-18(21,17(19)20)16-14-12-10-8-6-4-2/h21H,3-16H2,1-2H3,(H,19,20). The Kier molecular flexibility index (Phi) is 13.4. The average Bonchev–Trinajstić information content (AvgIpc) is 2.46. The van der Waals surface area contributed by atoms with Gasteiger partial charge < -0.3 is 5.11 Å². The van der Waals surface area contributed by atoms with Crippen LogP contribution in [0.25, 0.3) is 0 Å². The number of carbonyl (C=O) groups is 1. The van der Waals surface area contributed by atoms with Crippen molar-refractivity contribution in [3.63, 3.8) is 0 Å². The molecule has 1 N–H and O–H groups in total. The lowest BCUT2D eigenvalue weighted by Crippen LogP contribution is -2.32. The summed E-state index contributed by atoms with van der Waals surface area (Å²) < 4.78 is -0.796. The van der Waals surface area contributed by atoms with Crippen LogP contribution in [0.5, 0.6) is 0 Å². The van der Waals surface area contributed by atoms with Crippen LogP contribution in [0.15, 0.2) is 0 Å². The second-order valence-corrected chi connectivity index (χ2v) is 7.23. The predicted molar refractivity (Wildman–Crippen MR) is 95.3 cm³/mol. The van der Waals surface area contributed by atoms with Gasteiger partial charge in [-0.15, -0.1) is 0 Å². The van der Waals surface area contributed by atoms with Crippen molar-refractivity contribution in [2.24, 2.45) is 0 Å². The minimum absolute atomic E-state index is 0.715. The Morgan fingerprint density at radius 3 is 1.43 bits per heavy atom. The summed E-state index contributed by atoms with van der Waals surface area (Å²) in [4.78, 5) is 11.5. The van der Waals surface area contributed by atoms with Crippen LogP contribution in [-0.4, -0.2) is 15.8 Å². The lowest BCUT2D eigenvalue weighted by molar-refractivity contribution is -0.140. The fourth-order valence-electron chi connectivity index (χ4n) is 2.73. The van der Waals surface area contributed by atoms with Gasteiger partial charge in [-0.2, -0.15) is 12.6 Å². The number of carboxylic acid groups (broad SMARTS) is 1. The molecule has 0 amide bonds. The third kappa shape index (κ3) is 11.1. The fourth-order valence-corrected chi connectivity index (χ4v) is 3.05. The largest absolute Gasteiger partial charge is 0.480 e. The first kappa shape index (κ1) is 20.8. The zero-order valence-corrected chi connectivity index (χ0v) is 15.1. The molecule has 0 fully saturated rings. The number of unbranched alkanes of at least 4 members (excludes halogenated alkanes) is 10. The molecule has 0 bridgehead atoms. The van der Waals surface area contributed by atoms with Crippen LogP contribution in [-0.2, 0) is 4.79 Å². The molecule has 0 aromatic rings. The highest BCUT2D eigenvalue weighted by Gasteiger charge is 2.32. The first-order chi connectivity index (χ1) is 10.1. The molecular weight excluding hydrogens is 280 g/mol. The maximum absolute atomic E-state index is 11.5. The molecule has 0 aromatic carbocycles. The van der Waals surface area contributed by atoms with Crippen LogP contribution in [0.1, 0.15) is 104 Å². The fraction of sp³-hybridized carbons (Fsp3) is 0.944. The van der Waals surface area contributed by atoms with E-state index in [4.69, 9.17) is 0 Å². The summed E-state index contributed by atoms with van der Waals surface area (Å²) in [5, 5.41) is 9.44. The second kappa shape index (κ2) is 13.5. The number of carboxylic acids is 1. The highest BCUT2D eigenvalue weighted by Crippen LogP contribution is 2.30. The Morgan fingerprint density at radius 2 is 1.10 bits per heavy atom. The summed E-state index contributed by atoms with van der Waals surface area (Å²) in [5.41, 5.74) is 0. The molecule has 0 rings (SSSR count). The van der Waals surface area contributed by atoms with E-state index >= 15 is 0 Å². The van der Waals surface area contributed by atoms with Crippen molar-refractivity contribution in [2.45, 2.75) is 108 Å². The molecule has 0 saturated heterocycles. The van der Waals surface area contributed by atoms with Crippen molar-refractivity contribution in [2.75, 3.05) is 0 Å². The van der Waals surface area contributed by atoms with Gasteiger partial charge in [0.2, 0.25) is 0 Å². The molecule has 0 aliphatic carbocycles. The molecule has 0 atom stereocenters. The molecule has 0 aliphatic rings. The lowest BCUT2D eigenvalue weighted by Gasteiger charge is -2.23. The van der Waals surface area contributed by atoms with E-state index in [2.05, 4.69) is 26.5 Å². The zero-order chi connectivity index (χ0) is 16.0. The summed E-state index contributed by atoms with van der Waals surface area (Å²) in [5.74, 6) is -0.729. The molecule has 2 nitrogen and oxygen atoms in total. The van der Waals surface area contributed by atoms with E-state index in [-0.39, 0.29) is 0 Å². The van der Waals surface area contributed by atoms with Crippen LogP contribution in [0, 0.1) is 0 Å². The SMILES string of the molecule is CCCCCCCCC(S)(CCCCCCCC)C(=O)O. The maximum Gasteiger partial charge on any atom is 0.319 e. The third-order valence-corrected chi connectivity index (χ3v) is 4.92. The first-order valence-electron chi connectivity index (χ1n) is 9.02. The van der Waals surface area contributed by atoms with Crippen molar-refractivity contribution in [3.05, 3.63) is 0 Å². The summed E-state index contributed by atoms with van der Waals surface area (Å²) >= 11 is 4.50. The average molecular weight is 317 g/mol. The van der Waals surface area contributed by atoms with Gasteiger partial charge in [0.05, 0.1) is 0 Å². The summed E-state index contributed by atoms with van der Waals surface area (Å²) in [7, 11) is 0. The first-order valence-corrected chi connectivity index (χ1v) is 9.47. The van der Waals surface area contributed by atoms with Crippen molar-refractivity contribution in [1.82, 2.24) is 0 Å². The summed E-state index contributed by atoms with van der Waals surface area (Å²) in [6.07, 6.45) is 15.8. The minimum atomic E-state index is -0.796. The van der Waals surface area contributed by atoms with E-state index in [1.54, 1.807) is 0 Å². The quantitative estimate of drug-likeness (QED) is 0.277. The van der Waals surface area contributed by atoms with Gasteiger partial charge in [-0.05, 0) is 12.8 Å². The number of rotatable bonds is 15. The summed E-state index contributed by atoms with van der Waals surface area (Å²) in [6.45, 7) is 4.42. The van der Waals surface area contributed by atoms with Crippen LogP contribution >= 0.6 is 12.6 Å². The molecule has 0 aliphatic heterocycles. The van der Waals surface area contributed by atoms with Crippen LogP contribution in [0.2, 0.25) is 0 Å². The molecule has 0 spiro atoms. The monoisotopic (exact) mass is 316 g/mol.